The Balaban J connectivity index is 2.16. The van der Waals surface area contributed by atoms with Gasteiger partial charge in [-0.05, 0) is 30.5 Å². The summed E-state index contributed by atoms with van der Waals surface area (Å²) in [6.07, 6.45) is 5.28. The van der Waals surface area contributed by atoms with Crippen molar-refractivity contribution in [2.24, 2.45) is 5.73 Å². The Kier molecular flexibility index (Phi) is 4.08. The van der Waals surface area contributed by atoms with Gasteiger partial charge in [-0.25, -0.2) is 0 Å². The molecule has 0 atom stereocenters. The van der Waals surface area contributed by atoms with E-state index >= 15 is 0 Å². The van der Waals surface area contributed by atoms with E-state index in [1.54, 1.807) is 0 Å². The fourth-order valence-corrected chi connectivity index (χ4v) is 2.48. The molecule has 2 nitrogen and oxygen atoms in total. The second-order valence-corrected chi connectivity index (χ2v) is 4.79. The molecule has 16 heavy (non-hydrogen) atoms. The van der Waals surface area contributed by atoms with Crippen LogP contribution in [0, 0.1) is 0 Å². The molecule has 1 saturated heterocycles. The largest absolute Gasteiger partial charge is 0.371 e. The molecule has 0 amide bonds. The normalized spacial score (nSPS) is 17.2. The van der Waals surface area contributed by atoms with Gasteiger partial charge in [0, 0.05) is 30.3 Å². The predicted octanol–water partition coefficient (Wildman–Crippen LogP) is 3.18. The zero-order valence-electron chi connectivity index (χ0n) is 9.58. The van der Waals surface area contributed by atoms with E-state index in [1.807, 2.05) is 6.07 Å². The number of anilines is 1. The summed E-state index contributed by atoms with van der Waals surface area (Å²) in [6, 6.07) is 6.23. The van der Waals surface area contributed by atoms with Crippen molar-refractivity contribution >= 4 is 17.3 Å². The van der Waals surface area contributed by atoms with Crippen molar-refractivity contribution in [3.05, 3.63) is 28.8 Å². The Morgan fingerprint density at radius 1 is 1.12 bits per heavy atom. The molecule has 2 N–H and O–H groups in total. The summed E-state index contributed by atoms with van der Waals surface area (Å²) in [5.74, 6) is 0. The van der Waals surface area contributed by atoms with Crippen molar-refractivity contribution in [2.75, 3.05) is 18.0 Å². The van der Waals surface area contributed by atoms with Crippen molar-refractivity contribution in [3.8, 4) is 0 Å². The lowest BCUT2D eigenvalue weighted by Gasteiger charge is -2.23. The summed E-state index contributed by atoms with van der Waals surface area (Å²) in [5.41, 5.74) is 7.87. The van der Waals surface area contributed by atoms with E-state index < -0.39 is 0 Å². The number of nitrogens with two attached hydrogens (primary N) is 1. The summed E-state index contributed by atoms with van der Waals surface area (Å²) >= 11 is 6.18. The molecule has 0 radical (unpaired) electrons. The third-order valence-corrected chi connectivity index (χ3v) is 3.58. The van der Waals surface area contributed by atoms with Crippen molar-refractivity contribution < 1.29 is 0 Å². The molecule has 1 aromatic carbocycles. The zero-order valence-corrected chi connectivity index (χ0v) is 10.3. The van der Waals surface area contributed by atoms with Crippen LogP contribution in [0.1, 0.15) is 31.2 Å². The Bertz CT molecular complexity index is 344. The molecule has 3 heteroatoms. The molecular formula is C13H19ClN2. The van der Waals surface area contributed by atoms with Crippen molar-refractivity contribution in [1.29, 1.82) is 0 Å². The molecule has 1 heterocycles. The van der Waals surface area contributed by atoms with Crippen LogP contribution in [-0.4, -0.2) is 13.1 Å². The van der Waals surface area contributed by atoms with Gasteiger partial charge in [0.05, 0.1) is 0 Å². The first-order valence-electron chi connectivity index (χ1n) is 6.04. The van der Waals surface area contributed by atoms with Crippen molar-refractivity contribution in [1.82, 2.24) is 0 Å². The summed E-state index contributed by atoms with van der Waals surface area (Å²) in [5, 5.41) is 0.796. The zero-order chi connectivity index (χ0) is 11.4. The maximum atomic E-state index is 6.18. The Morgan fingerprint density at radius 2 is 1.81 bits per heavy atom. The fourth-order valence-electron chi connectivity index (χ4n) is 2.23. The highest BCUT2D eigenvalue weighted by atomic mass is 35.5. The van der Waals surface area contributed by atoms with Crippen LogP contribution in [-0.2, 0) is 6.54 Å². The second kappa shape index (κ2) is 5.55. The number of hydrogen-bond acceptors (Lipinski definition) is 2. The summed E-state index contributed by atoms with van der Waals surface area (Å²) in [6.45, 7) is 2.82. The van der Waals surface area contributed by atoms with E-state index in [2.05, 4.69) is 17.0 Å². The summed E-state index contributed by atoms with van der Waals surface area (Å²) in [7, 11) is 0. The third-order valence-electron chi connectivity index (χ3n) is 3.23. The number of nitrogens with zero attached hydrogens (tertiary/aromatic N) is 1. The van der Waals surface area contributed by atoms with Crippen LogP contribution in [0.4, 0.5) is 5.69 Å². The van der Waals surface area contributed by atoms with Crippen LogP contribution in [0.15, 0.2) is 18.2 Å². The van der Waals surface area contributed by atoms with Crippen molar-refractivity contribution in [3.63, 3.8) is 0 Å². The minimum absolute atomic E-state index is 0.513. The van der Waals surface area contributed by atoms with Crippen LogP contribution >= 0.6 is 11.6 Å². The first-order valence-corrected chi connectivity index (χ1v) is 6.42. The SMILES string of the molecule is NCc1ccc(N2CCCCCC2)cc1Cl. The maximum Gasteiger partial charge on any atom is 0.0471 e. The van der Waals surface area contributed by atoms with Gasteiger partial charge in [-0.2, -0.15) is 0 Å². The number of benzene rings is 1. The smallest absolute Gasteiger partial charge is 0.0471 e. The van der Waals surface area contributed by atoms with Gasteiger partial charge in [-0.15, -0.1) is 0 Å². The van der Waals surface area contributed by atoms with Gasteiger partial charge in [-0.1, -0.05) is 30.5 Å². The van der Waals surface area contributed by atoms with E-state index in [-0.39, 0.29) is 0 Å². The molecule has 2 rings (SSSR count). The highest BCUT2D eigenvalue weighted by molar-refractivity contribution is 6.31. The van der Waals surface area contributed by atoms with Crippen LogP contribution < -0.4 is 10.6 Å². The van der Waals surface area contributed by atoms with Gasteiger partial charge >= 0.3 is 0 Å². The Hall–Kier alpha value is -0.730. The average molecular weight is 239 g/mol. The molecule has 0 aromatic heterocycles. The minimum Gasteiger partial charge on any atom is -0.371 e. The first-order chi connectivity index (χ1) is 7.81. The number of hydrogen-bond donors (Lipinski definition) is 1. The highest BCUT2D eigenvalue weighted by Gasteiger charge is 2.10. The highest BCUT2D eigenvalue weighted by Crippen LogP contribution is 2.25. The summed E-state index contributed by atoms with van der Waals surface area (Å²) in [4.78, 5) is 2.43. The molecule has 0 unspecified atom stereocenters. The van der Waals surface area contributed by atoms with Crippen LogP contribution in [0.3, 0.4) is 0 Å². The first kappa shape index (κ1) is 11.7. The van der Waals surface area contributed by atoms with Crippen LogP contribution in [0.2, 0.25) is 5.02 Å². The quantitative estimate of drug-likeness (QED) is 0.858. The minimum atomic E-state index is 0.513. The fraction of sp³-hybridized carbons (Fsp3) is 0.538. The van der Waals surface area contributed by atoms with E-state index in [9.17, 15) is 0 Å². The van der Waals surface area contributed by atoms with Gasteiger partial charge in [-0.3, -0.25) is 0 Å². The van der Waals surface area contributed by atoms with E-state index in [1.165, 1.54) is 31.4 Å². The van der Waals surface area contributed by atoms with E-state index in [0.717, 1.165) is 23.7 Å². The van der Waals surface area contributed by atoms with E-state index in [4.69, 9.17) is 17.3 Å². The molecule has 0 aliphatic carbocycles. The lowest BCUT2D eigenvalue weighted by atomic mass is 10.2. The van der Waals surface area contributed by atoms with Crippen molar-refractivity contribution in [2.45, 2.75) is 32.2 Å². The summed E-state index contributed by atoms with van der Waals surface area (Å²) < 4.78 is 0. The molecule has 0 saturated carbocycles. The van der Waals surface area contributed by atoms with Crippen LogP contribution in [0.25, 0.3) is 0 Å². The monoisotopic (exact) mass is 238 g/mol. The molecule has 0 spiro atoms. The third kappa shape index (κ3) is 2.69. The standard InChI is InChI=1S/C13H19ClN2/c14-13-9-12(6-5-11(13)10-15)16-7-3-1-2-4-8-16/h5-6,9H,1-4,7-8,10,15H2. The number of rotatable bonds is 2. The molecule has 1 fully saturated rings. The number of halogens is 1. The van der Waals surface area contributed by atoms with Gasteiger partial charge in [0.15, 0.2) is 0 Å². The predicted molar refractivity (Wildman–Crippen MR) is 70.0 cm³/mol. The molecule has 1 aliphatic heterocycles. The van der Waals surface area contributed by atoms with Gasteiger partial charge in [0.25, 0.3) is 0 Å². The average Bonchev–Trinajstić information content (AvgIpc) is 2.57. The molecule has 0 bridgehead atoms. The van der Waals surface area contributed by atoms with Gasteiger partial charge in [0.1, 0.15) is 0 Å². The molecule has 1 aromatic rings. The Labute approximate surface area is 102 Å². The van der Waals surface area contributed by atoms with E-state index in [0.29, 0.717) is 6.54 Å². The second-order valence-electron chi connectivity index (χ2n) is 4.38. The lowest BCUT2D eigenvalue weighted by molar-refractivity contribution is 0.726. The van der Waals surface area contributed by atoms with Crippen LogP contribution in [0.5, 0.6) is 0 Å². The molecule has 1 aliphatic rings. The topological polar surface area (TPSA) is 29.3 Å². The molecule has 88 valence electrons. The molecular weight excluding hydrogens is 220 g/mol. The maximum absolute atomic E-state index is 6.18. The Morgan fingerprint density at radius 3 is 2.38 bits per heavy atom. The lowest BCUT2D eigenvalue weighted by Crippen LogP contribution is -2.23. The van der Waals surface area contributed by atoms with Gasteiger partial charge < -0.3 is 10.6 Å². The van der Waals surface area contributed by atoms with Gasteiger partial charge in [0.2, 0.25) is 0 Å².